The smallest absolute Gasteiger partial charge is 0.264 e. The number of carbonyl (C=O) groups excluding carboxylic acids is 1. The first-order chi connectivity index (χ1) is 6.66. The van der Waals surface area contributed by atoms with Crippen LogP contribution in [0.15, 0.2) is 29.3 Å². The topological polar surface area (TPSA) is 29.4 Å². The number of nitrogens with zero attached hydrogens (tertiary/aromatic N) is 1. The number of carbonyl (C=O) groups is 1. The van der Waals surface area contributed by atoms with Crippen LogP contribution in [0.25, 0.3) is 0 Å². The molecule has 0 spiro atoms. The van der Waals surface area contributed by atoms with Crippen molar-refractivity contribution in [2.45, 2.75) is 19.1 Å². The van der Waals surface area contributed by atoms with Crippen molar-refractivity contribution in [2.24, 2.45) is 4.99 Å². The lowest BCUT2D eigenvalue weighted by Gasteiger charge is -2.06. The molecule has 2 nitrogen and oxygen atoms in total. The van der Waals surface area contributed by atoms with Crippen LogP contribution in [0.5, 0.6) is 0 Å². The minimum Gasteiger partial charge on any atom is -0.271 e. The van der Waals surface area contributed by atoms with Crippen LogP contribution in [0.1, 0.15) is 23.3 Å². The molecule has 1 aliphatic rings. The average Bonchev–Trinajstić information content (AvgIpc) is 2.47. The average molecular weight is 205 g/mol. The fourth-order valence-corrected chi connectivity index (χ4v) is 2.34. The molecule has 0 saturated carbocycles. The minimum atomic E-state index is -0.115. The van der Waals surface area contributed by atoms with E-state index in [9.17, 15) is 4.79 Å². The van der Waals surface area contributed by atoms with Gasteiger partial charge in [0.15, 0.2) is 0 Å². The Morgan fingerprint density at radius 2 is 1.86 bits per heavy atom. The summed E-state index contributed by atoms with van der Waals surface area (Å²) in [6.07, 6.45) is 0. The Labute approximate surface area is 87.4 Å². The summed E-state index contributed by atoms with van der Waals surface area (Å²) in [6.45, 7) is 3.91. The van der Waals surface area contributed by atoms with Gasteiger partial charge in [0.1, 0.15) is 5.25 Å². The van der Waals surface area contributed by atoms with E-state index >= 15 is 0 Å². The van der Waals surface area contributed by atoms with Gasteiger partial charge >= 0.3 is 0 Å². The molecule has 0 N–H and O–H groups in total. The lowest BCUT2D eigenvalue weighted by atomic mass is 10.1. The SMILES string of the molecule is CC1=NC(=O)C(c2ccc(C)cc2)S1. The third kappa shape index (κ3) is 1.73. The molecule has 1 heterocycles. The van der Waals surface area contributed by atoms with Gasteiger partial charge in [0.25, 0.3) is 5.91 Å². The second-order valence-corrected chi connectivity index (χ2v) is 4.68. The summed E-state index contributed by atoms with van der Waals surface area (Å²) < 4.78 is 0. The second-order valence-electron chi connectivity index (χ2n) is 3.38. The van der Waals surface area contributed by atoms with Gasteiger partial charge in [-0.3, -0.25) is 4.79 Å². The maximum Gasteiger partial charge on any atom is 0.264 e. The molecule has 14 heavy (non-hydrogen) atoms. The summed E-state index contributed by atoms with van der Waals surface area (Å²) in [5, 5.41) is 0.746. The summed E-state index contributed by atoms with van der Waals surface area (Å²) in [6, 6.07) is 8.05. The molecule has 0 fully saturated rings. The normalized spacial score (nSPS) is 21.1. The molecule has 1 aliphatic heterocycles. The van der Waals surface area contributed by atoms with Gasteiger partial charge in [-0.25, -0.2) is 4.99 Å². The number of hydrogen-bond donors (Lipinski definition) is 0. The molecule has 1 aromatic carbocycles. The van der Waals surface area contributed by atoms with E-state index in [1.165, 1.54) is 17.3 Å². The highest BCUT2D eigenvalue weighted by molar-refractivity contribution is 8.15. The van der Waals surface area contributed by atoms with Crippen LogP contribution in [-0.4, -0.2) is 11.0 Å². The molecule has 72 valence electrons. The van der Waals surface area contributed by atoms with Crippen molar-refractivity contribution in [3.63, 3.8) is 0 Å². The molecule has 1 amide bonds. The van der Waals surface area contributed by atoms with Crippen LogP contribution in [-0.2, 0) is 4.79 Å². The van der Waals surface area contributed by atoms with Crippen LogP contribution >= 0.6 is 11.8 Å². The number of hydrogen-bond acceptors (Lipinski definition) is 2. The first-order valence-corrected chi connectivity index (χ1v) is 5.37. The van der Waals surface area contributed by atoms with E-state index in [0.717, 1.165) is 10.6 Å². The van der Waals surface area contributed by atoms with E-state index in [4.69, 9.17) is 0 Å². The molecule has 0 radical (unpaired) electrons. The highest BCUT2D eigenvalue weighted by atomic mass is 32.2. The van der Waals surface area contributed by atoms with Crippen LogP contribution in [0.3, 0.4) is 0 Å². The van der Waals surface area contributed by atoms with E-state index < -0.39 is 0 Å². The highest BCUT2D eigenvalue weighted by Gasteiger charge is 2.27. The van der Waals surface area contributed by atoms with E-state index in [2.05, 4.69) is 4.99 Å². The summed E-state index contributed by atoms with van der Waals surface area (Å²) in [5.41, 5.74) is 2.26. The largest absolute Gasteiger partial charge is 0.271 e. The summed E-state index contributed by atoms with van der Waals surface area (Å²) >= 11 is 1.53. The Hall–Kier alpha value is -1.09. The fraction of sp³-hybridized carbons (Fsp3) is 0.273. The van der Waals surface area contributed by atoms with Gasteiger partial charge in [0.05, 0.1) is 5.04 Å². The van der Waals surface area contributed by atoms with E-state index in [0.29, 0.717) is 0 Å². The monoisotopic (exact) mass is 205 g/mol. The van der Waals surface area contributed by atoms with E-state index in [-0.39, 0.29) is 11.2 Å². The van der Waals surface area contributed by atoms with Gasteiger partial charge in [0, 0.05) is 0 Å². The minimum absolute atomic E-state index is 0.0312. The van der Waals surface area contributed by atoms with Crippen molar-refractivity contribution in [1.82, 2.24) is 0 Å². The maximum atomic E-state index is 11.5. The van der Waals surface area contributed by atoms with Crippen LogP contribution < -0.4 is 0 Å². The number of rotatable bonds is 1. The Bertz CT molecular complexity index is 394. The van der Waals surface area contributed by atoms with Crippen LogP contribution in [0.2, 0.25) is 0 Å². The molecule has 2 rings (SSSR count). The number of thioether (sulfide) groups is 1. The van der Waals surface area contributed by atoms with Gasteiger partial charge in [0.2, 0.25) is 0 Å². The summed E-state index contributed by atoms with van der Waals surface area (Å²) in [5.74, 6) is -0.0312. The fourth-order valence-electron chi connectivity index (χ4n) is 1.41. The lowest BCUT2D eigenvalue weighted by molar-refractivity contribution is -0.117. The summed E-state index contributed by atoms with van der Waals surface area (Å²) in [7, 11) is 0. The quantitative estimate of drug-likeness (QED) is 0.705. The number of aliphatic imine (C=N–C) groups is 1. The van der Waals surface area contributed by atoms with Gasteiger partial charge in [-0.2, -0.15) is 0 Å². The van der Waals surface area contributed by atoms with Crippen LogP contribution in [0, 0.1) is 6.92 Å². The Kier molecular flexibility index (Phi) is 2.42. The number of amides is 1. The second kappa shape index (κ2) is 3.58. The molecular formula is C11H11NOS. The molecular weight excluding hydrogens is 194 g/mol. The molecule has 1 aromatic rings. The number of aryl methyl sites for hydroxylation is 1. The van der Waals surface area contributed by atoms with Crippen molar-refractivity contribution < 1.29 is 4.79 Å². The molecule has 0 saturated heterocycles. The van der Waals surface area contributed by atoms with Crippen LogP contribution in [0.4, 0.5) is 0 Å². The third-order valence-corrected chi connectivity index (χ3v) is 3.30. The Morgan fingerprint density at radius 3 is 2.36 bits per heavy atom. The predicted molar refractivity (Wildman–Crippen MR) is 59.6 cm³/mol. The zero-order chi connectivity index (χ0) is 10.1. The lowest BCUT2D eigenvalue weighted by Crippen LogP contribution is -2.00. The maximum absolute atomic E-state index is 11.5. The highest BCUT2D eigenvalue weighted by Crippen LogP contribution is 2.35. The van der Waals surface area contributed by atoms with Gasteiger partial charge in [-0.1, -0.05) is 41.6 Å². The Balaban J connectivity index is 2.26. The first kappa shape index (κ1) is 9.46. The van der Waals surface area contributed by atoms with Crippen molar-refractivity contribution in [1.29, 1.82) is 0 Å². The number of benzene rings is 1. The summed E-state index contributed by atoms with van der Waals surface area (Å²) in [4.78, 5) is 15.4. The molecule has 1 unspecified atom stereocenters. The van der Waals surface area contributed by atoms with Gasteiger partial charge in [-0.05, 0) is 19.4 Å². The van der Waals surface area contributed by atoms with E-state index in [1.807, 2.05) is 38.1 Å². The zero-order valence-electron chi connectivity index (χ0n) is 8.15. The zero-order valence-corrected chi connectivity index (χ0v) is 8.97. The molecule has 1 atom stereocenters. The molecule has 0 bridgehead atoms. The predicted octanol–water partition coefficient (Wildman–Crippen LogP) is 2.73. The molecule has 0 aliphatic carbocycles. The molecule has 3 heteroatoms. The van der Waals surface area contributed by atoms with Gasteiger partial charge in [-0.15, -0.1) is 0 Å². The molecule has 0 aromatic heterocycles. The van der Waals surface area contributed by atoms with E-state index in [1.54, 1.807) is 0 Å². The van der Waals surface area contributed by atoms with Crippen molar-refractivity contribution >= 4 is 22.7 Å². The van der Waals surface area contributed by atoms with Crippen molar-refractivity contribution in [2.75, 3.05) is 0 Å². The van der Waals surface area contributed by atoms with Gasteiger partial charge < -0.3 is 0 Å². The van der Waals surface area contributed by atoms with Crippen molar-refractivity contribution in [3.05, 3.63) is 35.4 Å². The Morgan fingerprint density at radius 1 is 1.21 bits per heavy atom. The first-order valence-electron chi connectivity index (χ1n) is 4.49. The van der Waals surface area contributed by atoms with Crippen molar-refractivity contribution in [3.8, 4) is 0 Å². The standard InChI is InChI=1S/C11H11NOS/c1-7-3-5-9(6-4-7)10-11(13)12-8(2)14-10/h3-6,10H,1-2H3. The third-order valence-electron chi connectivity index (χ3n) is 2.16.